The number of ketones is 2. The van der Waals surface area contributed by atoms with E-state index < -0.39 is 162 Å². The summed E-state index contributed by atoms with van der Waals surface area (Å²) in [5.41, 5.74) is 4.00. The highest BCUT2D eigenvalue weighted by atomic mass is 16.8. The van der Waals surface area contributed by atoms with Crippen molar-refractivity contribution in [3.8, 4) is 0 Å². The highest BCUT2D eigenvalue weighted by Crippen LogP contribution is 2.70. The number of imide groups is 1. The van der Waals surface area contributed by atoms with Gasteiger partial charge >= 0.3 is 12.2 Å². The molecule has 33 nitrogen and oxygen atoms in total. The van der Waals surface area contributed by atoms with Gasteiger partial charge in [0.15, 0.2) is 24.3 Å². The Labute approximate surface area is 603 Å². The molecular weight excluding hydrogens is 1360 g/mol. The third-order valence-electron chi connectivity index (χ3n) is 20.3. The van der Waals surface area contributed by atoms with Gasteiger partial charge < -0.3 is 106 Å². The van der Waals surface area contributed by atoms with E-state index in [0.717, 1.165) is 10.5 Å². The van der Waals surface area contributed by atoms with Crippen molar-refractivity contribution < 1.29 is 121 Å². The Morgan fingerprint density at radius 2 is 1.38 bits per heavy atom. The van der Waals surface area contributed by atoms with E-state index >= 15 is 0 Å². The number of nitrogens with two attached hydrogens (primary N) is 1. The van der Waals surface area contributed by atoms with E-state index in [0.29, 0.717) is 37.7 Å². The van der Waals surface area contributed by atoms with E-state index in [1.54, 1.807) is 38.1 Å². The van der Waals surface area contributed by atoms with Gasteiger partial charge in [-0.15, -0.1) is 0 Å². The fourth-order valence-corrected chi connectivity index (χ4v) is 14.9. The van der Waals surface area contributed by atoms with Crippen molar-refractivity contribution in [3.05, 3.63) is 65.8 Å². The molecule has 4 aliphatic carbocycles. The van der Waals surface area contributed by atoms with Crippen LogP contribution in [0.2, 0.25) is 0 Å². The highest BCUT2D eigenvalue weighted by molar-refractivity contribution is 6.13. The molecule has 0 bridgehead atoms. The van der Waals surface area contributed by atoms with Gasteiger partial charge in [-0.3, -0.25) is 48.1 Å². The molecule has 104 heavy (non-hydrogen) atoms. The predicted octanol–water partition coefficient (Wildman–Crippen LogP) is -0.321. The van der Waals surface area contributed by atoms with Gasteiger partial charge in [-0.2, -0.15) is 0 Å². The van der Waals surface area contributed by atoms with Crippen LogP contribution in [0.15, 0.2) is 60.2 Å². The number of nitrogens with zero attached hydrogens (tertiary/aromatic N) is 1. The Morgan fingerprint density at radius 3 is 2.02 bits per heavy atom. The molecule has 6 aliphatic rings. The average Bonchev–Trinajstić information content (AvgIpc) is 1.50. The number of benzene rings is 1. The van der Waals surface area contributed by atoms with Crippen molar-refractivity contribution in [3.63, 3.8) is 0 Å². The molecule has 14 N–H and O–H groups in total. The molecule has 33 heteroatoms. The zero-order valence-electron chi connectivity index (χ0n) is 59.6. The van der Waals surface area contributed by atoms with Crippen LogP contribution in [0, 0.1) is 34.5 Å². The Balaban J connectivity index is 0.905. The maximum Gasteiger partial charge on any atom is 0.509 e. The van der Waals surface area contributed by atoms with Crippen LogP contribution >= 0.6 is 0 Å². The number of hydrogen-bond acceptors (Lipinski definition) is 25. The van der Waals surface area contributed by atoms with Crippen molar-refractivity contribution in [2.45, 2.75) is 185 Å². The molecule has 1 aromatic rings. The van der Waals surface area contributed by atoms with Crippen molar-refractivity contribution in [1.29, 1.82) is 0 Å². The zero-order chi connectivity index (χ0) is 75.9. The van der Waals surface area contributed by atoms with Crippen LogP contribution in [0.5, 0.6) is 0 Å². The number of primary amides is 1. The predicted molar refractivity (Wildman–Crippen MR) is 366 cm³/mol. The van der Waals surface area contributed by atoms with Crippen LogP contribution in [0.1, 0.15) is 117 Å². The minimum Gasteiger partial charge on any atom is -0.429 e. The molecule has 1 unspecified atom stereocenters. The summed E-state index contributed by atoms with van der Waals surface area (Å²) < 4.78 is 46.0. The maximum atomic E-state index is 14.7. The van der Waals surface area contributed by atoms with E-state index in [4.69, 9.17) is 48.7 Å². The maximum absolute atomic E-state index is 14.7. The van der Waals surface area contributed by atoms with Gasteiger partial charge in [-0.25, -0.2) is 9.59 Å². The van der Waals surface area contributed by atoms with Crippen LogP contribution in [0.25, 0.3) is 0 Å². The van der Waals surface area contributed by atoms with Crippen molar-refractivity contribution >= 4 is 70.8 Å². The standard InChI is InChI=1S/C71H104N8O25/c1-6-9-59-103-54-35-47-46-18-15-43-34-45(81)21-23-69(43,4)60(46)50(82)36-70(47,5)71(54,104-59)53(85)40-102-68(96)101-39-42-13-16-44(17-14-42)75-64(92)49(11-8-24-73-67(72)95)77-66(94)61(41(2)3)78-65(93)48(10-7-12-55(86)74-37-51(83)62(90)63(91)52(84)38-80)76-56(87)22-26-97-28-30-99-32-33-100-31-29-98-27-25-79-57(88)19-20-58(79)89/h13-14,16-17,19-21,23,34,41,46-52,54,59-63,80,82-84,90-91H,6-12,15,18,22,24-33,35-40H2,1-5H3,(H,74,86)(H,75,92)(H,76,87)(H,77,94)(H,78,93)(H3,72,73,95)/t46-,47-,48+,49-,50-,51-,52+,54+,59?,60+,61-,62+,63+,69-,70-,71+/m0/s1. The summed E-state index contributed by atoms with van der Waals surface area (Å²) in [6.07, 6.45) is -0.552. The number of carbonyl (C=O) groups is 11. The number of carbonyl (C=O) groups excluding carboxylic acids is 11. The van der Waals surface area contributed by atoms with Crippen LogP contribution in [-0.4, -0.2) is 253 Å². The van der Waals surface area contributed by atoms with E-state index in [2.05, 4.69) is 38.8 Å². The van der Waals surface area contributed by atoms with Gasteiger partial charge in [0, 0.05) is 60.5 Å². The van der Waals surface area contributed by atoms with Crippen LogP contribution in [-0.2, 0) is 87.7 Å². The number of ether oxygens (including phenoxy) is 8. The van der Waals surface area contributed by atoms with E-state index in [-0.39, 0.29) is 147 Å². The minimum atomic E-state index is -1.94. The van der Waals surface area contributed by atoms with Gasteiger partial charge in [0.25, 0.3) is 11.8 Å². The molecule has 0 spiro atoms. The number of aliphatic hydroxyl groups excluding tert-OH is 6. The first-order valence-corrected chi connectivity index (χ1v) is 35.6. The first-order valence-electron chi connectivity index (χ1n) is 35.6. The summed E-state index contributed by atoms with van der Waals surface area (Å²) in [5.74, 6) is -6.02. The summed E-state index contributed by atoms with van der Waals surface area (Å²) in [7, 11) is 0. The Bertz CT molecular complexity index is 3230. The number of hydrogen-bond donors (Lipinski definition) is 13. The second-order valence-electron chi connectivity index (χ2n) is 27.8. The van der Waals surface area contributed by atoms with E-state index in [1.807, 2.05) is 19.9 Å². The summed E-state index contributed by atoms with van der Waals surface area (Å²) in [5, 5.41) is 76.8. The number of Topliss-reactive ketones (excluding diaryl/α,β-unsaturated/α-hetero) is 1. The normalized spacial score (nSPS) is 25.8. The lowest BCUT2D eigenvalue weighted by Gasteiger charge is -2.59. The highest BCUT2D eigenvalue weighted by Gasteiger charge is 2.76. The third-order valence-corrected chi connectivity index (χ3v) is 20.3. The SMILES string of the molecule is CCCC1O[C@@H]2C[C@H]3[C@@H]4CCC5=CC(=O)C=C[C@]5(C)[C@H]4[C@@H](O)C[C@]3(C)[C@]2(C(=O)COC(=O)OCc2ccc(NC(=O)[C@H](CCCNC(N)=O)NC(=O)[C@@H](NC(=O)[C@@H](CCCC(=O)NC[C@H](O)[C@@H](O)[C@H](O)[C@H](O)CO)NC(=O)CCOCCOCCOCCOCCN3C(=O)C=CC3=O)C(C)C)cc2)O1. The lowest BCUT2D eigenvalue weighted by atomic mass is 9.46. The first kappa shape index (κ1) is 83.6. The summed E-state index contributed by atoms with van der Waals surface area (Å²) >= 11 is 0. The van der Waals surface area contributed by atoms with Gasteiger partial charge in [0.05, 0.1) is 84.3 Å². The number of nitrogens with one attached hydrogen (secondary N) is 6. The zero-order valence-corrected chi connectivity index (χ0v) is 59.6. The van der Waals surface area contributed by atoms with Crippen molar-refractivity contribution in [2.24, 2.45) is 40.2 Å². The lowest BCUT2D eigenvalue weighted by molar-refractivity contribution is -0.200. The van der Waals surface area contributed by atoms with Gasteiger partial charge in [-0.05, 0) is 105 Å². The lowest BCUT2D eigenvalue weighted by Crippen LogP contribution is -2.63. The first-order chi connectivity index (χ1) is 49.6. The fraction of sp³-hybridized carbons (Fsp3) is 0.676. The molecule has 4 fully saturated rings. The van der Waals surface area contributed by atoms with E-state index in [1.165, 1.54) is 24.3 Å². The fourth-order valence-electron chi connectivity index (χ4n) is 14.9. The molecule has 3 saturated carbocycles. The summed E-state index contributed by atoms with van der Waals surface area (Å²) in [6, 6.07) is 1.31. The molecule has 1 aromatic carbocycles. The molecular formula is C71H104N8O25. The number of allylic oxidation sites excluding steroid dienone is 4. The van der Waals surface area contributed by atoms with Gasteiger partial charge in [0.2, 0.25) is 35.3 Å². The number of urea groups is 1. The molecule has 2 heterocycles. The van der Waals surface area contributed by atoms with Crippen LogP contribution in [0.4, 0.5) is 15.3 Å². The Morgan fingerprint density at radius 1 is 0.740 bits per heavy atom. The van der Waals surface area contributed by atoms with Crippen LogP contribution < -0.4 is 37.6 Å². The second-order valence-corrected chi connectivity index (χ2v) is 27.8. The summed E-state index contributed by atoms with van der Waals surface area (Å²) in [6.45, 7) is 8.06. The number of amides is 9. The Hall–Kier alpha value is -7.67. The number of rotatable bonds is 44. The molecule has 0 aromatic heterocycles. The van der Waals surface area contributed by atoms with E-state index in [9.17, 15) is 78.3 Å². The average molecular weight is 1470 g/mol. The molecule has 16 atom stereocenters. The van der Waals surface area contributed by atoms with Crippen molar-refractivity contribution in [2.75, 3.05) is 91.0 Å². The quantitative estimate of drug-likeness (QED) is 0.0226. The minimum absolute atomic E-state index is 0.0174. The molecule has 578 valence electrons. The third kappa shape index (κ3) is 22.0. The smallest absolute Gasteiger partial charge is 0.429 e. The molecule has 9 amide bonds. The molecule has 7 rings (SSSR count). The number of fused-ring (bicyclic) bond motifs is 7. The Kier molecular flexibility index (Phi) is 31.8. The molecule has 0 radical (unpaired) electrons. The monoisotopic (exact) mass is 1470 g/mol. The second kappa shape index (κ2) is 39.6. The molecule has 2 aliphatic heterocycles. The van der Waals surface area contributed by atoms with Gasteiger partial charge in [-0.1, -0.05) is 64.8 Å². The topological polar surface area (TPSA) is 484 Å². The molecule has 1 saturated heterocycles. The largest absolute Gasteiger partial charge is 0.509 e. The summed E-state index contributed by atoms with van der Waals surface area (Å²) in [4.78, 5) is 145. The number of aliphatic hydroxyl groups is 6. The van der Waals surface area contributed by atoms with Crippen molar-refractivity contribution in [1.82, 2.24) is 31.5 Å². The number of anilines is 1. The van der Waals surface area contributed by atoms with Gasteiger partial charge in [0.1, 0.15) is 43.0 Å². The van der Waals surface area contributed by atoms with Crippen LogP contribution in [0.3, 0.4) is 0 Å².